The van der Waals surface area contributed by atoms with Crippen molar-refractivity contribution in [1.82, 2.24) is 24.4 Å². The lowest BCUT2D eigenvalue weighted by atomic mass is 10.3. The predicted molar refractivity (Wildman–Crippen MR) is 73.6 cm³/mol. The molecule has 0 amide bonds. The number of pyridine rings is 1. The second-order valence-corrected chi connectivity index (χ2v) is 4.54. The molecule has 0 spiro atoms. The van der Waals surface area contributed by atoms with Crippen molar-refractivity contribution in [3.63, 3.8) is 0 Å². The molecule has 19 heavy (non-hydrogen) atoms. The van der Waals surface area contributed by atoms with Crippen LogP contribution in [0.3, 0.4) is 0 Å². The lowest BCUT2D eigenvalue weighted by Crippen LogP contribution is -1.95. The molecule has 3 aromatic rings. The average molecular weight is 256 g/mol. The number of aryl methyl sites for hydroxylation is 3. The van der Waals surface area contributed by atoms with E-state index >= 15 is 0 Å². The molecule has 0 aromatic carbocycles. The number of rotatable bonds is 3. The summed E-state index contributed by atoms with van der Waals surface area (Å²) in [5, 5.41) is 12.0. The van der Waals surface area contributed by atoms with Crippen LogP contribution >= 0.6 is 0 Å². The van der Waals surface area contributed by atoms with E-state index in [1.165, 1.54) is 0 Å². The minimum absolute atomic E-state index is 0.594. The second-order valence-electron chi connectivity index (χ2n) is 4.54. The Morgan fingerprint density at radius 3 is 2.89 bits per heavy atom. The number of hydrogen-bond donors (Lipinski definition) is 1. The molecule has 0 fully saturated rings. The standard InChI is InChI=1S/C13H16N6/c1-4-10-11(8-18(3)16-10)14-13-15-12-9(2)6-5-7-19(12)17-13/h5-8H,4H2,1-3H3,(H,14,17). The van der Waals surface area contributed by atoms with Gasteiger partial charge in [-0.3, -0.25) is 4.68 Å². The van der Waals surface area contributed by atoms with Crippen LogP contribution in [0, 0.1) is 6.92 Å². The van der Waals surface area contributed by atoms with Crippen molar-refractivity contribution in [2.45, 2.75) is 20.3 Å². The molecule has 0 atom stereocenters. The van der Waals surface area contributed by atoms with Gasteiger partial charge in [0.25, 0.3) is 0 Å². The smallest absolute Gasteiger partial charge is 0.247 e. The highest BCUT2D eigenvalue weighted by Crippen LogP contribution is 2.19. The first-order valence-electron chi connectivity index (χ1n) is 6.29. The van der Waals surface area contributed by atoms with Crippen molar-refractivity contribution < 1.29 is 0 Å². The van der Waals surface area contributed by atoms with Gasteiger partial charge in [0.2, 0.25) is 5.95 Å². The molecule has 98 valence electrons. The summed E-state index contributed by atoms with van der Waals surface area (Å²) in [6.45, 7) is 4.10. The molecule has 0 aliphatic carbocycles. The zero-order valence-electron chi connectivity index (χ0n) is 11.3. The fraction of sp³-hybridized carbons (Fsp3) is 0.308. The topological polar surface area (TPSA) is 60.0 Å². The molecule has 0 saturated heterocycles. The van der Waals surface area contributed by atoms with Gasteiger partial charge >= 0.3 is 0 Å². The van der Waals surface area contributed by atoms with Crippen LogP contribution in [0.4, 0.5) is 11.6 Å². The number of hydrogen-bond acceptors (Lipinski definition) is 4. The van der Waals surface area contributed by atoms with E-state index in [0.29, 0.717) is 5.95 Å². The molecule has 0 aliphatic rings. The number of nitrogens with zero attached hydrogens (tertiary/aromatic N) is 5. The Balaban J connectivity index is 1.99. The highest BCUT2D eigenvalue weighted by atomic mass is 15.4. The van der Waals surface area contributed by atoms with E-state index in [1.807, 2.05) is 38.5 Å². The van der Waals surface area contributed by atoms with E-state index in [2.05, 4.69) is 27.4 Å². The van der Waals surface area contributed by atoms with Crippen molar-refractivity contribution in [3.05, 3.63) is 35.8 Å². The summed E-state index contributed by atoms with van der Waals surface area (Å²) in [4.78, 5) is 4.50. The Morgan fingerprint density at radius 1 is 1.32 bits per heavy atom. The molecule has 6 heteroatoms. The monoisotopic (exact) mass is 256 g/mol. The summed E-state index contributed by atoms with van der Waals surface area (Å²) < 4.78 is 3.57. The highest BCUT2D eigenvalue weighted by Gasteiger charge is 2.10. The summed E-state index contributed by atoms with van der Waals surface area (Å²) in [5.74, 6) is 0.594. The maximum Gasteiger partial charge on any atom is 0.247 e. The van der Waals surface area contributed by atoms with Crippen LogP contribution in [0.25, 0.3) is 5.65 Å². The van der Waals surface area contributed by atoms with Gasteiger partial charge < -0.3 is 5.32 Å². The minimum Gasteiger partial charge on any atom is -0.320 e. The van der Waals surface area contributed by atoms with Gasteiger partial charge in [-0.2, -0.15) is 10.1 Å². The van der Waals surface area contributed by atoms with Gasteiger partial charge in [0.15, 0.2) is 5.65 Å². The van der Waals surface area contributed by atoms with E-state index < -0.39 is 0 Å². The summed E-state index contributed by atoms with van der Waals surface area (Å²) in [6, 6.07) is 3.98. The Morgan fingerprint density at radius 2 is 2.16 bits per heavy atom. The van der Waals surface area contributed by atoms with E-state index in [9.17, 15) is 0 Å². The molecule has 3 heterocycles. The SMILES string of the molecule is CCc1nn(C)cc1Nc1nc2c(C)cccn2n1. The van der Waals surface area contributed by atoms with Crippen LogP contribution in [-0.4, -0.2) is 24.4 Å². The summed E-state index contributed by atoms with van der Waals surface area (Å²) in [7, 11) is 1.91. The van der Waals surface area contributed by atoms with Crippen molar-refractivity contribution in [1.29, 1.82) is 0 Å². The van der Waals surface area contributed by atoms with Crippen molar-refractivity contribution >= 4 is 17.3 Å². The first-order valence-corrected chi connectivity index (χ1v) is 6.29. The molecular weight excluding hydrogens is 240 g/mol. The first-order chi connectivity index (χ1) is 9.17. The minimum atomic E-state index is 0.594. The number of aromatic nitrogens is 5. The highest BCUT2D eigenvalue weighted by molar-refractivity contribution is 5.58. The fourth-order valence-electron chi connectivity index (χ4n) is 2.11. The van der Waals surface area contributed by atoms with Crippen LogP contribution in [0.2, 0.25) is 0 Å². The van der Waals surface area contributed by atoms with Crippen LogP contribution in [-0.2, 0) is 13.5 Å². The fourth-order valence-corrected chi connectivity index (χ4v) is 2.11. The first kappa shape index (κ1) is 11.7. The quantitative estimate of drug-likeness (QED) is 0.779. The molecule has 0 unspecified atom stereocenters. The van der Waals surface area contributed by atoms with Crippen LogP contribution in [0.5, 0.6) is 0 Å². The molecule has 3 rings (SSSR count). The van der Waals surface area contributed by atoms with E-state index in [1.54, 1.807) is 9.20 Å². The molecule has 6 nitrogen and oxygen atoms in total. The predicted octanol–water partition coefficient (Wildman–Crippen LogP) is 2.08. The largest absolute Gasteiger partial charge is 0.320 e. The second kappa shape index (κ2) is 4.38. The third kappa shape index (κ3) is 2.05. The van der Waals surface area contributed by atoms with Crippen molar-refractivity contribution in [2.24, 2.45) is 7.05 Å². The molecule has 0 bridgehead atoms. The van der Waals surface area contributed by atoms with Gasteiger partial charge in [-0.15, -0.1) is 5.10 Å². The molecule has 0 radical (unpaired) electrons. The lowest BCUT2D eigenvalue weighted by molar-refractivity contribution is 0.746. The average Bonchev–Trinajstić information content (AvgIpc) is 2.94. The summed E-state index contributed by atoms with van der Waals surface area (Å²) >= 11 is 0. The van der Waals surface area contributed by atoms with Gasteiger partial charge in [-0.05, 0) is 25.0 Å². The maximum atomic E-state index is 4.50. The van der Waals surface area contributed by atoms with Gasteiger partial charge in [0, 0.05) is 19.4 Å². The number of fused-ring (bicyclic) bond motifs is 1. The third-order valence-electron chi connectivity index (χ3n) is 3.04. The summed E-state index contributed by atoms with van der Waals surface area (Å²) in [6.07, 6.45) is 4.71. The zero-order valence-corrected chi connectivity index (χ0v) is 11.3. The van der Waals surface area contributed by atoms with Crippen LogP contribution in [0.1, 0.15) is 18.2 Å². The van der Waals surface area contributed by atoms with Gasteiger partial charge in [0.05, 0.1) is 11.4 Å². The molecule has 0 aliphatic heterocycles. The Bertz CT molecular complexity index is 724. The molecule has 1 N–H and O–H groups in total. The maximum absolute atomic E-state index is 4.50. The Hall–Kier alpha value is -2.37. The van der Waals surface area contributed by atoms with Gasteiger partial charge in [0.1, 0.15) is 0 Å². The zero-order chi connectivity index (χ0) is 13.4. The van der Waals surface area contributed by atoms with Crippen molar-refractivity contribution in [2.75, 3.05) is 5.32 Å². The number of nitrogens with one attached hydrogen (secondary N) is 1. The van der Waals surface area contributed by atoms with E-state index in [4.69, 9.17) is 0 Å². The van der Waals surface area contributed by atoms with Gasteiger partial charge in [-0.25, -0.2) is 4.52 Å². The van der Waals surface area contributed by atoms with Crippen molar-refractivity contribution in [3.8, 4) is 0 Å². The Labute approximate surface area is 111 Å². The van der Waals surface area contributed by atoms with Gasteiger partial charge in [-0.1, -0.05) is 13.0 Å². The number of anilines is 2. The van der Waals surface area contributed by atoms with E-state index in [0.717, 1.165) is 29.0 Å². The Kier molecular flexibility index (Phi) is 2.70. The van der Waals surface area contributed by atoms with Crippen LogP contribution in [0.15, 0.2) is 24.5 Å². The molecule has 3 aromatic heterocycles. The van der Waals surface area contributed by atoms with E-state index in [-0.39, 0.29) is 0 Å². The third-order valence-corrected chi connectivity index (χ3v) is 3.04. The van der Waals surface area contributed by atoms with Crippen LogP contribution < -0.4 is 5.32 Å². The molecule has 0 saturated carbocycles. The summed E-state index contributed by atoms with van der Waals surface area (Å²) in [5.41, 5.74) is 3.94. The normalized spacial score (nSPS) is 11.1. The lowest BCUT2D eigenvalue weighted by Gasteiger charge is -1.98. The molecular formula is C13H16N6.